The summed E-state index contributed by atoms with van der Waals surface area (Å²) in [5, 5.41) is 7.04. The van der Waals surface area contributed by atoms with E-state index in [-0.39, 0.29) is 6.10 Å². The fraction of sp³-hybridized carbons (Fsp3) is 0.417. The molecule has 1 saturated heterocycles. The molecule has 2 aromatic heterocycles. The lowest BCUT2D eigenvalue weighted by Crippen LogP contribution is -2.39. The van der Waals surface area contributed by atoms with Crippen molar-refractivity contribution in [1.82, 2.24) is 20.2 Å². The van der Waals surface area contributed by atoms with Gasteiger partial charge in [-0.2, -0.15) is 5.10 Å². The number of rotatable bonds is 2. The third kappa shape index (κ3) is 2.06. The molecule has 6 nitrogen and oxygen atoms in total. The Balaban J connectivity index is 1.79. The number of nitrogens with zero attached hydrogens (tertiary/aromatic N) is 4. The van der Waals surface area contributed by atoms with Gasteiger partial charge < -0.3 is 9.64 Å². The highest BCUT2D eigenvalue weighted by Gasteiger charge is 2.25. The Hall–Kier alpha value is -1.95. The van der Waals surface area contributed by atoms with E-state index in [1.54, 1.807) is 12.4 Å². The Morgan fingerprint density at radius 2 is 2.22 bits per heavy atom. The third-order valence-electron chi connectivity index (χ3n) is 3.09. The maximum Gasteiger partial charge on any atom is 0.225 e. The number of hydrogen-bond donors (Lipinski definition) is 1. The number of hydrogen-bond acceptors (Lipinski definition) is 5. The van der Waals surface area contributed by atoms with Crippen LogP contribution < -0.4 is 4.90 Å². The van der Waals surface area contributed by atoms with Gasteiger partial charge in [0.1, 0.15) is 6.10 Å². The van der Waals surface area contributed by atoms with Gasteiger partial charge in [0.25, 0.3) is 0 Å². The Morgan fingerprint density at radius 3 is 2.94 bits per heavy atom. The van der Waals surface area contributed by atoms with Gasteiger partial charge in [-0.3, -0.25) is 5.10 Å². The molecule has 1 aliphatic rings. The SMILES string of the molecule is Cc1cn[nH]c1[C@@H]1CN(c2ncccn2)CCO1. The fourth-order valence-corrected chi connectivity index (χ4v) is 2.14. The van der Waals surface area contributed by atoms with Crippen LogP contribution in [0.3, 0.4) is 0 Å². The second-order valence-electron chi connectivity index (χ2n) is 4.32. The molecule has 0 saturated carbocycles. The summed E-state index contributed by atoms with van der Waals surface area (Å²) < 4.78 is 5.79. The van der Waals surface area contributed by atoms with Crippen molar-refractivity contribution in [2.45, 2.75) is 13.0 Å². The summed E-state index contributed by atoms with van der Waals surface area (Å²) in [6.45, 7) is 4.25. The largest absolute Gasteiger partial charge is 0.368 e. The molecule has 2 aromatic rings. The zero-order valence-corrected chi connectivity index (χ0v) is 10.2. The number of aromatic amines is 1. The molecule has 3 rings (SSSR count). The number of morpholine rings is 1. The molecule has 1 aliphatic heterocycles. The molecule has 0 radical (unpaired) electrons. The summed E-state index contributed by atoms with van der Waals surface area (Å²) in [4.78, 5) is 10.7. The van der Waals surface area contributed by atoms with Crippen molar-refractivity contribution in [2.75, 3.05) is 24.6 Å². The molecule has 0 aliphatic carbocycles. The van der Waals surface area contributed by atoms with Crippen LogP contribution in [-0.2, 0) is 4.74 Å². The molecule has 18 heavy (non-hydrogen) atoms. The van der Waals surface area contributed by atoms with Crippen LogP contribution in [0.1, 0.15) is 17.4 Å². The Morgan fingerprint density at radius 1 is 1.39 bits per heavy atom. The predicted octanol–water partition coefficient (Wildman–Crippen LogP) is 1.09. The van der Waals surface area contributed by atoms with Crippen LogP contribution in [0.25, 0.3) is 0 Å². The molecule has 94 valence electrons. The lowest BCUT2D eigenvalue weighted by Gasteiger charge is -2.32. The highest BCUT2D eigenvalue weighted by molar-refractivity contribution is 5.31. The van der Waals surface area contributed by atoms with Crippen molar-refractivity contribution < 1.29 is 4.74 Å². The van der Waals surface area contributed by atoms with E-state index in [0.29, 0.717) is 6.61 Å². The molecular weight excluding hydrogens is 230 g/mol. The van der Waals surface area contributed by atoms with Crippen molar-refractivity contribution in [3.05, 3.63) is 35.9 Å². The lowest BCUT2D eigenvalue weighted by molar-refractivity contribution is 0.0360. The molecule has 1 fully saturated rings. The summed E-state index contributed by atoms with van der Waals surface area (Å²) in [6, 6.07) is 1.82. The van der Waals surface area contributed by atoms with Gasteiger partial charge in [0.2, 0.25) is 5.95 Å². The summed E-state index contributed by atoms with van der Waals surface area (Å²) >= 11 is 0. The molecule has 0 unspecified atom stereocenters. The zero-order valence-electron chi connectivity index (χ0n) is 10.2. The highest BCUT2D eigenvalue weighted by atomic mass is 16.5. The maximum atomic E-state index is 5.79. The smallest absolute Gasteiger partial charge is 0.225 e. The molecule has 1 atom stereocenters. The van der Waals surface area contributed by atoms with Gasteiger partial charge in [0.05, 0.1) is 25.0 Å². The molecule has 0 spiro atoms. The molecule has 1 N–H and O–H groups in total. The predicted molar refractivity (Wildman–Crippen MR) is 66.3 cm³/mol. The van der Waals surface area contributed by atoms with Crippen LogP contribution in [0.4, 0.5) is 5.95 Å². The molecule has 3 heterocycles. The van der Waals surface area contributed by atoms with Crippen molar-refractivity contribution in [3.8, 4) is 0 Å². The van der Waals surface area contributed by atoms with E-state index >= 15 is 0 Å². The summed E-state index contributed by atoms with van der Waals surface area (Å²) in [6.07, 6.45) is 5.34. The Kier molecular flexibility index (Phi) is 2.93. The zero-order chi connectivity index (χ0) is 12.4. The first-order valence-electron chi connectivity index (χ1n) is 5.98. The van der Waals surface area contributed by atoms with E-state index < -0.39 is 0 Å². The average molecular weight is 245 g/mol. The van der Waals surface area contributed by atoms with Crippen LogP contribution in [0.5, 0.6) is 0 Å². The molecular formula is C12H15N5O. The van der Waals surface area contributed by atoms with Crippen molar-refractivity contribution in [1.29, 1.82) is 0 Å². The standard InChI is InChI=1S/C12H15N5O/c1-9-7-15-16-11(9)10-8-17(5-6-18-10)12-13-3-2-4-14-12/h2-4,7,10H,5-6,8H2,1H3,(H,15,16)/t10-/m0/s1. The second-order valence-corrected chi connectivity index (χ2v) is 4.32. The van der Waals surface area contributed by atoms with Gasteiger partial charge >= 0.3 is 0 Å². The summed E-state index contributed by atoms with van der Waals surface area (Å²) in [7, 11) is 0. The van der Waals surface area contributed by atoms with Crippen molar-refractivity contribution in [3.63, 3.8) is 0 Å². The molecule has 0 amide bonds. The Labute approximate surface area is 105 Å². The van der Waals surface area contributed by atoms with E-state index in [1.807, 2.05) is 19.2 Å². The number of nitrogens with one attached hydrogen (secondary N) is 1. The van der Waals surface area contributed by atoms with Crippen LogP contribution in [0.15, 0.2) is 24.7 Å². The number of aromatic nitrogens is 4. The molecule has 6 heteroatoms. The summed E-state index contributed by atoms with van der Waals surface area (Å²) in [5.74, 6) is 0.753. The number of H-pyrrole nitrogens is 1. The minimum absolute atomic E-state index is 0.00468. The van der Waals surface area contributed by atoms with Crippen molar-refractivity contribution in [2.24, 2.45) is 0 Å². The lowest BCUT2D eigenvalue weighted by atomic mass is 10.1. The molecule has 0 aromatic carbocycles. The number of aryl methyl sites for hydroxylation is 1. The Bertz CT molecular complexity index is 512. The van der Waals surface area contributed by atoms with E-state index in [0.717, 1.165) is 30.3 Å². The van der Waals surface area contributed by atoms with Crippen molar-refractivity contribution >= 4 is 5.95 Å². The van der Waals surface area contributed by atoms with E-state index in [9.17, 15) is 0 Å². The van der Waals surface area contributed by atoms with E-state index in [1.165, 1.54) is 0 Å². The van der Waals surface area contributed by atoms with Gasteiger partial charge in [0.15, 0.2) is 0 Å². The number of anilines is 1. The normalized spacial score (nSPS) is 20.1. The first-order valence-corrected chi connectivity index (χ1v) is 5.98. The highest BCUT2D eigenvalue weighted by Crippen LogP contribution is 2.24. The van der Waals surface area contributed by atoms with Gasteiger partial charge in [-0.05, 0) is 18.6 Å². The van der Waals surface area contributed by atoms with Gasteiger partial charge in [-0.1, -0.05) is 0 Å². The van der Waals surface area contributed by atoms with Crippen LogP contribution in [0, 0.1) is 6.92 Å². The summed E-state index contributed by atoms with van der Waals surface area (Å²) in [5.41, 5.74) is 2.16. The average Bonchev–Trinajstić information content (AvgIpc) is 2.86. The van der Waals surface area contributed by atoms with Gasteiger partial charge in [0, 0.05) is 18.9 Å². The first-order chi connectivity index (χ1) is 8.84. The topological polar surface area (TPSA) is 66.9 Å². The van der Waals surface area contributed by atoms with Gasteiger partial charge in [-0.25, -0.2) is 9.97 Å². The number of ether oxygens (including phenoxy) is 1. The second kappa shape index (κ2) is 4.73. The fourth-order valence-electron chi connectivity index (χ4n) is 2.14. The quantitative estimate of drug-likeness (QED) is 0.857. The maximum absolute atomic E-state index is 5.79. The monoisotopic (exact) mass is 245 g/mol. The molecule has 0 bridgehead atoms. The van der Waals surface area contributed by atoms with Crippen LogP contribution in [-0.4, -0.2) is 39.9 Å². The van der Waals surface area contributed by atoms with E-state index in [4.69, 9.17) is 4.74 Å². The van der Waals surface area contributed by atoms with Gasteiger partial charge in [-0.15, -0.1) is 0 Å². The minimum Gasteiger partial charge on any atom is -0.368 e. The third-order valence-corrected chi connectivity index (χ3v) is 3.09. The minimum atomic E-state index is 0.00468. The van der Waals surface area contributed by atoms with E-state index in [2.05, 4.69) is 25.1 Å². The van der Waals surface area contributed by atoms with Crippen LogP contribution >= 0.6 is 0 Å². The first kappa shape index (κ1) is 11.2. The van der Waals surface area contributed by atoms with Crippen LogP contribution in [0.2, 0.25) is 0 Å².